The molecule has 2 rings (SSSR count). The van der Waals surface area contributed by atoms with Gasteiger partial charge in [-0.1, -0.05) is 6.07 Å². The minimum Gasteiger partial charge on any atom is -0.497 e. The summed E-state index contributed by atoms with van der Waals surface area (Å²) in [5, 5.41) is 13.6. The molecule has 0 aliphatic carbocycles. The molecule has 1 heterocycles. The maximum atomic E-state index is 12.1. The average molecular weight is 327 g/mol. The van der Waals surface area contributed by atoms with E-state index in [0.29, 0.717) is 12.2 Å². The van der Waals surface area contributed by atoms with E-state index in [4.69, 9.17) is 4.74 Å². The van der Waals surface area contributed by atoms with Crippen LogP contribution < -0.4 is 9.46 Å². The van der Waals surface area contributed by atoms with Crippen LogP contribution in [0.2, 0.25) is 0 Å². The van der Waals surface area contributed by atoms with Crippen LogP contribution >= 0.6 is 11.3 Å². The topological polar surface area (TPSA) is 75.6 Å². The van der Waals surface area contributed by atoms with E-state index in [2.05, 4.69) is 4.72 Å². The van der Waals surface area contributed by atoms with Gasteiger partial charge < -0.3 is 9.84 Å². The van der Waals surface area contributed by atoms with Crippen molar-refractivity contribution in [3.8, 4) is 5.75 Å². The number of aliphatic hydroxyl groups is 1. The standard InChI is InChI=1S/C14H17NO4S2/c1-19-12-3-2-4-13(9-12)21(17,18)15-7-5-14(16)11-6-8-20-10-11/h2-4,6,8-10,14-16H,5,7H2,1H3. The van der Waals surface area contributed by atoms with E-state index in [9.17, 15) is 13.5 Å². The Morgan fingerprint density at radius 3 is 2.86 bits per heavy atom. The number of nitrogens with one attached hydrogen (secondary N) is 1. The van der Waals surface area contributed by atoms with Gasteiger partial charge in [0.15, 0.2) is 0 Å². The van der Waals surface area contributed by atoms with Crippen LogP contribution in [0, 0.1) is 0 Å². The Hall–Kier alpha value is -1.41. The number of sulfonamides is 1. The molecule has 0 radical (unpaired) electrons. The lowest BCUT2D eigenvalue weighted by Gasteiger charge is -2.11. The molecule has 1 atom stereocenters. The van der Waals surface area contributed by atoms with Gasteiger partial charge in [-0.25, -0.2) is 13.1 Å². The summed E-state index contributed by atoms with van der Waals surface area (Å²) in [6, 6.07) is 8.08. The molecule has 1 unspecified atom stereocenters. The largest absolute Gasteiger partial charge is 0.497 e. The molecular formula is C14H17NO4S2. The van der Waals surface area contributed by atoms with Crippen LogP contribution in [0.5, 0.6) is 5.75 Å². The maximum absolute atomic E-state index is 12.1. The highest BCUT2D eigenvalue weighted by atomic mass is 32.2. The zero-order chi connectivity index (χ0) is 15.3. The normalized spacial score (nSPS) is 13.0. The maximum Gasteiger partial charge on any atom is 0.240 e. The number of ether oxygens (including phenoxy) is 1. The first-order chi connectivity index (χ1) is 10.0. The van der Waals surface area contributed by atoms with Gasteiger partial charge in [-0.2, -0.15) is 11.3 Å². The summed E-state index contributed by atoms with van der Waals surface area (Å²) >= 11 is 1.50. The lowest BCUT2D eigenvalue weighted by Crippen LogP contribution is -2.25. The molecule has 2 aromatic rings. The first-order valence-electron chi connectivity index (χ1n) is 6.37. The van der Waals surface area contributed by atoms with Crippen molar-refractivity contribution in [3.63, 3.8) is 0 Å². The zero-order valence-corrected chi connectivity index (χ0v) is 13.2. The second-order valence-electron chi connectivity index (χ2n) is 4.44. The third-order valence-electron chi connectivity index (χ3n) is 2.99. The molecule has 0 spiro atoms. The fraction of sp³-hybridized carbons (Fsp3) is 0.286. The van der Waals surface area contributed by atoms with Crippen molar-refractivity contribution < 1.29 is 18.3 Å². The van der Waals surface area contributed by atoms with Gasteiger partial charge in [-0.3, -0.25) is 0 Å². The Morgan fingerprint density at radius 1 is 1.38 bits per heavy atom. The molecule has 1 aromatic carbocycles. The van der Waals surface area contributed by atoms with E-state index >= 15 is 0 Å². The van der Waals surface area contributed by atoms with Gasteiger partial charge in [-0.15, -0.1) is 0 Å². The molecule has 7 heteroatoms. The SMILES string of the molecule is COc1cccc(S(=O)(=O)NCCC(O)c2ccsc2)c1. The Bertz CT molecular complexity index is 668. The van der Waals surface area contributed by atoms with Gasteiger partial charge in [0.2, 0.25) is 10.0 Å². The molecule has 0 aliphatic rings. The Balaban J connectivity index is 1.95. The van der Waals surface area contributed by atoms with E-state index in [-0.39, 0.29) is 11.4 Å². The highest BCUT2D eigenvalue weighted by Gasteiger charge is 2.15. The smallest absolute Gasteiger partial charge is 0.240 e. The lowest BCUT2D eigenvalue weighted by molar-refractivity contribution is 0.169. The van der Waals surface area contributed by atoms with Gasteiger partial charge in [0.05, 0.1) is 18.1 Å². The van der Waals surface area contributed by atoms with Crippen LogP contribution in [-0.2, 0) is 10.0 Å². The summed E-state index contributed by atoms with van der Waals surface area (Å²) in [6.45, 7) is 0.163. The van der Waals surface area contributed by atoms with Crippen LogP contribution in [0.25, 0.3) is 0 Å². The quantitative estimate of drug-likeness (QED) is 0.817. The first kappa shape index (κ1) is 16.0. The summed E-state index contributed by atoms with van der Waals surface area (Å²) in [6.07, 6.45) is -0.343. The van der Waals surface area contributed by atoms with Crippen LogP contribution in [0.4, 0.5) is 0 Å². The Kier molecular flexibility index (Phi) is 5.35. The van der Waals surface area contributed by atoms with E-state index < -0.39 is 16.1 Å². The van der Waals surface area contributed by atoms with Gasteiger partial charge in [-0.05, 0) is 40.9 Å². The fourth-order valence-corrected chi connectivity index (χ4v) is 3.60. The predicted octanol–water partition coefficient (Wildman–Crippen LogP) is 2.16. The number of hydrogen-bond acceptors (Lipinski definition) is 5. The third-order valence-corrected chi connectivity index (χ3v) is 5.15. The van der Waals surface area contributed by atoms with Crippen molar-refractivity contribution in [2.24, 2.45) is 0 Å². The molecule has 0 amide bonds. The second-order valence-corrected chi connectivity index (χ2v) is 6.98. The van der Waals surface area contributed by atoms with Crippen molar-refractivity contribution >= 4 is 21.4 Å². The summed E-state index contributed by atoms with van der Waals surface area (Å²) in [5.74, 6) is 0.483. The number of methoxy groups -OCH3 is 1. The van der Waals surface area contributed by atoms with Gasteiger partial charge in [0, 0.05) is 12.6 Å². The number of hydrogen-bond donors (Lipinski definition) is 2. The van der Waals surface area contributed by atoms with Crippen molar-refractivity contribution in [2.75, 3.05) is 13.7 Å². The molecule has 21 heavy (non-hydrogen) atoms. The van der Waals surface area contributed by atoms with Crippen LogP contribution in [0.15, 0.2) is 46.0 Å². The highest BCUT2D eigenvalue weighted by Crippen LogP contribution is 2.20. The Labute approximate surface area is 128 Å². The molecule has 0 bridgehead atoms. The van der Waals surface area contributed by atoms with Crippen molar-refractivity contribution in [2.45, 2.75) is 17.4 Å². The van der Waals surface area contributed by atoms with Crippen molar-refractivity contribution in [3.05, 3.63) is 46.7 Å². The fourth-order valence-electron chi connectivity index (χ4n) is 1.81. The number of thiophene rings is 1. The van der Waals surface area contributed by atoms with E-state index in [1.807, 2.05) is 16.8 Å². The van der Waals surface area contributed by atoms with E-state index in [0.717, 1.165) is 5.56 Å². The first-order valence-corrected chi connectivity index (χ1v) is 8.79. The van der Waals surface area contributed by atoms with Crippen LogP contribution in [-0.4, -0.2) is 27.2 Å². The second kappa shape index (κ2) is 7.04. The van der Waals surface area contributed by atoms with Crippen molar-refractivity contribution in [1.29, 1.82) is 0 Å². The summed E-state index contributed by atoms with van der Waals surface area (Å²) in [5.41, 5.74) is 0.806. The molecule has 0 fully saturated rings. The molecule has 0 saturated heterocycles. The van der Waals surface area contributed by atoms with Crippen LogP contribution in [0.3, 0.4) is 0 Å². The van der Waals surface area contributed by atoms with E-state index in [1.54, 1.807) is 12.1 Å². The number of benzene rings is 1. The van der Waals surface area contributed by atoms with Gasteiger partial charge in [0.25, 0.3) is 0 Å². The summed E-state index contributed by atoms with van der Waals surface area (Å²) in [7, 11) is -2.11. The number of aliphatic hydroxyl groups excluding tert-OH is 1. The number of rotatable bonds is 7. The van der Waals surface area contributed by atoms with E-state index in [1.165, 1.54) is 30.6 Å². The molecule has 114 valence electrons. The third kappa shape index (κ3) is 4.28. The van der Waals surface area contributed by atoms with Gasteiger partial charge >= 0.3 is 0 Å². The minimum atomic E-state index is -3.60. The average Bonchev–Trinajstić information content (AvgIpc) is 3.01. The minimum absolute atomic E-state index is 0.145. The zero-order valence-electron chi connectivity index (χ0n) is 11.5. The monoisotopic (exact) mass is 327 g/mol. The molecule has 0 saturated carbocycles. The van der Waals surface area contributed by atoms with Crippen LogP contribution in [0.1, 0.15) is 18.1 Å². The summed E-state index contributed by atoms with van der Waals surface area (Å²) in [4.78, 5) is 0.145. The lowest BCUT2D eigenvalue weighted by atomic mass is 10.1. The summed E-state index contributed by atoms with van der Waals surface area (Å²) < 4.78 is 31.7. The van der Waals surface area contributed by atoms with Crippen molar-refractivity contribution in [1.82, 2.24) is 4.72 Å². The van der Waals surface area contributed by atoms with Gasteiger partial charge in [0.1, 0.15) is 5.75 Å². The Morgan fingerprint density at radius 2 is 2.19 bits per heavy atom. The molecular weight excluding hydrogens is 310 g/mol. The predicted molar refractivity (Wildman–Crippen MR) is 82.1 cm³/mol. The molecule has 5 nitrogen and oxygen atoms in total. The molecule has 1 aromatic heterocycles. The highest BCUT2D eigenvalue weighted by molar-refractivity contribution is 7.89. The molecule has 0 aliphatic heterocycles. The molecule has 2 N–H and O–H groups in total.